The Labute approximate surface area is 111 Å². The van der Waals surface area contributed by atoms with Gasteiger partial charge < -0.3 is 15.4 Å². The van der Waals surface area contributed by atoms with E-state index in [2.05, 4.69) is 25.8 Å². The minimum Gasteiger partial charge on any atom is -0.492 e. The fraction of sp³-hybridized carbons (Fsp3) is 0.600. The Balaban J connectivity index is 2.24. The summed E-state index contributed by atoms with van der Waals surface area (Å²) >= 11 is 0. The van der Waals surface area contributed by atoms with Gasteiger partial charge in [-0.2, -0.15) is 0 Å². The SMILES string of the molecule is CC(C)CCN(C)CCOc1cccc(CN)c1. The van der Waals surface area contributed by atoms with Gasteiger partial charge in [0.25, 0.3) is 0 Å². The highest BCUT2D eigenvalue weighted by molar-refractivity contribution is 5.28. The molecule has 2 N–H and O–H groups in total. The van der Waals surface area contributed by atoms with Crippen LogP contribution in [0.15, 0.2) is 24.3 Å². The Morgan fingerprint density at radius 2 is 2.06 bits per heavy atom. The Bertz CT molecular complexity index is 339. The van der Waals surface area contributed by atoms with Crippen molar-refractivity contribution in [2.45, 2.75) is 26.8 Å². The van der Waals surface area contributed by atoms with Crippen molar-refractivity contribution in [2.75, 3.05) is 26.7 Å². The molecule has 0 heterocycles. The van der Waals surface area contributed by atoms with E-state index >= 15 is 0 Å². The molecule has 0 spiro atoms. The first-order valence-corrected chi connectivity index (χ1v) is 6.72. The first-order valence-electron chi connectivity index (χ1n) is 6.72. The van der Waals surface area contributed by atoms with Crippen molar-refractivity contribution in [1.82, 2.24) is 4.90 Å². The third-order valence-electron chi connectivity index (χ3n) is 2.96. The van der Waals surface area contributed by atoms with Crippen LogP contribution in [0, 0.1) is 5.92 Å². The van der Waals surface area contributed by atoms with Crippen LogP contribution < -0.4 is 10.5 Å². The van der Waals surface area contributed by atoms with Crippen LogP contribution in [0.4, 0.5) is 0 Å². The maximum absolute atomic E-state index is 5.73. The zero-order chi connectivity index (χ0) is 13.4. The highest BCUT2D eigenvalue weighted by Crippen LogP contribution is 2.12. The predicted octanol–water partition coefficient (Wildman–Crippen LogP) is 2.50. The largest absolute Gasteiger partial charge is 0.492 e. The van der Waals surface area contributed by atoms with E-state index < -0.39 is 0 Å². The van der Waals surface area contributed by atoms with E-state index in [0.717, 1.165) is 36.9 Å². The lowest BCUT2D eigenvalue weighted by molar-refractivity contribution is 0.230. The molecule has 0 amide bonds. The van der Waals surface area contributed by atoms with Gasteiger partial charge in [0.1, 0.15) is 12.4 Å². The summed E-state index contributed by atoms with van der Waals surface area (Å²) < 4.78 is 5.73. The van der Waals surface area contributed by atoms with Gasteiger partial charge in [-0.1, -0.05) is 26.0 Å². The molecule has 1 aromatic rings. The summed E-state index contributed by atoms with van der Waals surface area (Å²) in [5, 5.41) is 0. The van der Waals surface area contributed by atoms with Crippen LogP contribution in [0.25, 0.3) is 0 Å². The third-order valence-corrected chi connectivity index (χ3v) is 2.96. The molecule has 0 aliphatic carbocycles. The van der Waals surface area contributed by atoms with E-state index in [1.165, 1.54) is 6.42 Å². The third kappa shape index (κ3) is 6.03. The summed E-state index contributed by atoms with van der Waals surface area (Å²) in [6.07, 6.45) is 1.24. The van der Waals surface area contributed by atoms with Crippen molar-refractivity contribution in [1.29, 1.82) is 0 Å². The lowest BCUT2D eigenvalue weighted by atomic mass is 10.1. The maximum Gasteiger partial charge on any atom is 0.119 e. The maximum atomic E-state index is 5.73. The molecule has 1 rings (SSSR count). The second-order valence-electron chi connectivity index (χ2n) is 5.19. The average molecular weight is 250 g/mol. The van der Waals surface area contributed by atoms with E-state index in [4.69, 9.17) is 10.5 Å². The molecule has 3 heteroatoms. The van der Waals surface area contributed by atoms with Crippen molar-refractivity contribution >= 4 is 0 Å². The Morgan fingerprint density at radius 1 is 1.28 bits per heavy atom. The van der Waals surface area contributed by atoms with Crippen LogP contribution >= 0.6 is 0 Å². The molecular weight excluding hydrogens is 224 g/mol. The minimum atomic E-state index is 0.561. The first kappa shape index (κ1) is 15.0. The molecule has 0 aromatic heterocycles. The van der Waals surface area contributed by atoms with Crippen molar-refractivity contribution in [3.8, 4) is 5.75 Å². The number of hydrogen-bond donors (Lipinski definition) is 1. The lowest BCUT2D eigenvalue weighted by Crippen LogP contribution is -2.26. The zero-order valence-corrected chi connectivity index (χ0v) is 11.9. The number of rotatable bonds is 8. The summed E-state index contributed by atoms with van der Waals surface area (Å²) in [7, 11) is 2.14. The van der Waals surface area contributed by atoms with Crippen LogP contribution in [0.3, 0.4) is 0 Å². The molecule has 0 aliphatic heterocycles. The number of nitrogens with two attached hydrogens (primary N) is 1. The summed E-state index contributed by atoms with van der Waals surface area (Å²) in [6, 6.07) is 7.99. The highest BCUT2D eigenvalue weighted by Gasteiger charge is 2.01. The zero-order valence-electron chi connectivity index (χ0n) is 11.9. The normalized spacial score (nSPS) is 11.2. The van der Waals surface area contributed by atoms with Gasteiger partial charge in [0.2, 0.25) is 0 Å². The molecule has 0 saturated carbocycles. The van der Waals surface area contributed by atoms with Gasteiger partial charge in [-0.15, -0.1) is 0 Å². The molecule has 0 atom stereocenters. The van der Waals surface area contributed by atoms with Gasteiger partial charge >= 0.3 is 0 Å². The smallest absolute Gasteiger partial charge is 0.119 e. The van der Waals surface area contributed by atoms with E-state index in [9.17, 15) is 0 Å². The molecule has 102 valence electrons. The Morgan fingerprint density at radius 3 is 2.72 bits per heavy atom. The quantitative estimate of drug-likeness (QED) is 0.770. The van der Waals surface area contributed by atoms with Crippen molar-refractivity contribution in [3.05, 3.63) is 29.8 Å². The number of likely N-dealkylation sites (N-methyl/N-ethyl adjacent to an activating group) is 1. The van der Waals surface area contributed by atoms with Gasteiger partial charge in [0.05, 0.1) is 0 Å². The van der Waals surface area contributed by atoms with E-state index in [1.807, 2.05) is 24.3 Å². The highest BCUT2D eigenvalue weighted by atomic mass is 16.5. The second-order valence-corrected chi connectivity index (χ2v) is 5.19. The molecule has 0 radical (unpaired) electrons. The molecule has 1 aromatic carbocycles. The van der Waals surface area contributed by atoms with Gasteiger partial charge in [-0.3, -0.25) is 0 Å². The standard InChI is InChI=1S/C15H26N2O/c1-13(2)7-8-17(3)9-10-18-15-6-4-5-14(11-15)12-16/h4-6,11,13H,7-10,12,16H2,1-3H3. The van der Waals surface area contributed by atoms with Crippen LogP contribution in [-0.4, -0.2) is 31.6 Å². The number of benzene rings is 1. The first-order chi connectivity index (χ1) is 8.61. The van der Waals surface area contributed by atoms with Crippen LogP contribution in [-0.2, 0) is 6.54 Å². The van der Waals surface area contributed by atoms with E-state index in [0.29, 0.717) is 6.54 Å². The van der Waals surface area contributed by atoms with Crippen LogP contribution in [0.2, 0.25) is 0 Å². The predicted molar refractivity (Wildman–Crippen MR) is 76.8 cm³/mol. The molecule has 0 saturated heterocycles. The fourth-order valence-corrected chi connectivity index (χ4v) is 1.67. The van der Waals surface area contributed by atoms with Gasteiger partial charge in [-0.25, -0.2) is 0 Å². The number of ether oxygens (including phenoxy) is 1. The Kier molecular flexibility index (Phi) is 6.76. The molecule has 0 bridgehead atoms. The fourth-order valence-electron chi connectivity index (χ4n) is 1.67. The summed E-state index contributed by atoms with van der Waals surface area (Å²) in [4.78, 5) is 2.31. The topological polar surface area (TPSA) is 38.5 Å². The monoisotopic (exact) mass is 250 g/mol. The molecular formula is C15H26N2O. The summed E-state index contributed by atoms with van der Waals surface area (Å²) in [5.74, 6) is 1.67. The van der Waals surface area contributed by atoms with Crippen molar-refractivity contribution in [3.63, 3.8) is 0 Å². The van der Waals surface area contributed by atoms with Crippen LogP contribution in [0.5, 0.6) is 5.75 Å². The van der Waals surface area contributed by atoms with Crippen molar-refractivity contribution in [2.24, 2.45) is 11.7 Å². The van der Waals surface area contributed by atoms with Gasteiger partial charge in [-0.05, 0) is 43.6 Å². The molecule has 3 nitrogen and oxygen atoms in total. The molecule has 0 aliphatic rings. The summed E-state index contributed by atoms with van der Waals surface area (Å²) in [5.41, 5.74) is 6.71. The van der Waals surface area contributed by atoms with Gasteiger partial charge in [0, 0.05) is 13.1 Å². The molecule has 0 unspecified atom stereocenters. The lowest BCUT2D eigenvalue weighted by Gasteiger charge is -2.18. The Hall–Kier alpha value is -1.06. The number of nitrogens with zero attached hydrogens (tertiary/aromatic N) is 1. The average Bonchev–Trinajstić information content (AvgIpc) is 2.36. The molecule has 0 fully saturated rings. The van der Waals surface area contributed by atoms with Crippen molar-refractivity contribution < 1.29 is 4.74 Å². The summed E-state index contributed by atoms with van der Waals surface area (Å²) in [6.45, 7) is 7.88. The van der Waals surface area contributed by atoms with E-state index in [1.54, 1.807) is 0 Å². The second kappa shape index (κ2) is 8.11. The van der Waals surface area contributed by atoms with E-state index in [-0.39, 0.29) is 0 Å². The number of hydrogen-bond acceptors (Lipinski definition) is 3. The van der Waals surface area contributed by atoms with Crippen LogP contribution in [0.1, 0.15) is 25.8 Å². The minimum absolute atomic E-state index is 0.561. The van der Waals surface area contributed by atoms with Gasteiger partial charge in [0.15, 0.2) is 0 Å². The molecule has 18 heavy (non-hydrogen) atoms.